The van der Waals surface area contributed by atoms with Gasteiger partial charge < -0.3 is 15.6 Å². The molecule has 1 saturated carbocycles. The zero-order valence-electron chi connectivity index (χ0n) is 12.3. The molecular weight excluding hydrogens is 250 g/mol. The van der Waals surface area contributed by atoms with E-state index in [1.807, 2.05) is 12.1 Å². The van der Waals surface area contributed by atoms with Crippen LogP contribution in [0.4, 0.5) is 0 Å². The van der Waals surface area contributed by atoms with Gasteiger partial charge in [0, 0.05) is 6.54 Å². The van der Waals surface area contributed by atoms with Gasteiger partial charge in [0.15, 0.2) is 0 Å². The Morgan fingerprint density at radius 3 is 2.60 bits per heavy atom. The molecule has 0 bridgehead atoms. The van der Waals surface area contributed by atoms with Crippen LogP contribution in [0.3, 0.4) is 0 Å². The Balaban J connectivity index is 1.89. The molecule has 20 heavy (non-hydrogen) atoms. The molecule has 1 aromatic rings. The van der Waals surface area contributed by atoms with Crippen molar-refractivity contribution in [3.8, 4) is 5.75 Å². The van der Waals surface area contributed by atoms with Gasteiger partial charge in [0.25, 0.3) is 0 Å². The highest BCUT2D eigenvalue weighted by Gasteiger charge is 2.27. The number of ether oxygens (including phenoxy) is 1. The lowest BCUT2D eigenvalue weighted by atomic mass is 9.88. The fourth-order valence-electron chi connectivity index (χ4n) is 2.98. The number of nitrogens with two attached hydrogens (primary N) is 1. The summed E-state index contributed by atoms with van der Waals surface area (Å²) in [7, 11) is 0. The van der Waals surface area contributed by atoms with E-state index in [1.165, 1.54) is 18.4 Å². The molecule has 112 valence electrons. The maximum atomic E-state index is 10.7. The van der Waals surface area contributed by atoms with Crippen LogP contribution in [0.5, 0.6) is 5.75 Å². The Hall–Kier alpha value is -1.06. The van der Waals surface area contributed by atoms with Crippen LogP contribution >= 0.6 is 0 Å². The number of rotatable bonds is 6. The highest BCUT2D eigenvalue weighted by atomic mass is 16.5. The Morgan fingerprint density at radius 1 is 1.15 bits per heavy atom. The van der Waals surface area contributed by atoms with Crippen molar-refractivity contribution in [1.82, 2.24) is 0 Å². The monoisotopic (exact) mass is 277 g/mol. The molecule has 0 amide bonds. The normalized spacial score (nSPS) is 18.5. The van der Waals surface area contributed by atoms with E-state index in [9.17, 15) is 5.11 Å². The smallest absolute Gasteiger partial charge is 0.119 e. The molecule has 0 unspecified atom stereocenters. The van der Waals surface area contributed by atoms with Crippen LogP contribution in [0.15, 0.2) is 24.3 Å². The van der Waals surface area contributed by atoms with Gasteiger partial charge in [-0.2, -0.15) is 0 Å². The minimum absolute atomic E-state index is 0.454. The second-order valence-electron chi connectivity index (χ2n) is 5.92. The largest absolute Gasteiger partial charge is 0.492 e. The summed E-state index contributed by atoms with van der Waals surface area (Å²) in [5.74, 6) is 0.876. The maximum absolute atomic E-state index is 10.7. The van der Waals surface area contributed by atoms with Gasteiger partial charge in [-0.25, -0.2) is 0 Å². The molecule has 2 rings (SSSR count). The number of aryl methyl sites for hydroxylation is 1. The van der Waals surface area contributed by atoms with Crippen molar-refractivity contribution < 1.29 is 9.84 Å². The van der Waals surface area contributed by atoms with Gasteiger partial charge >= 0.3 is 0 Å². The van der Waals surface area contributed by atoms with Crippen LogP contribution in [0, 0.1) is 0 Å². The van der Waals surface area contributed by atoms with Crippen molar-refractivity contribution >= 4 is 0 Å². The third kappa shape index (κ3) is 4.80. The summed E-state index contributed by atoms with van der Waals surface area (Å²) in [6.45, 7) is 1.08. The van der Waals surface area contributed by atoms with Crippen LogP contribution < -0.4 is 10.5 Å². The molecule has 0 radical (unpaired) electrons. The minimum atomic E-state index is -0.454. The molecular formula is C17H27NO2. The molecule has 0 heterocycles. The fraction of sp³-hybridized carbons (Fsp3) is 0.647. The van der Waals surface area contributed by atoms with Crippen LogP contribution in [0.25, 0.3) is 0 Å². The summed E-state index contributed by atoms with van der Waals surface area (Å²) in [4.78, 5) is 0. The van der Waals surface area contributed by atoms with Crippen molar-refractivity contribution in [2.45, 2.75) is 57.0 Å². The molecule has 1 aliphatic rings. The Bertz CT molecular complexity index is 398. The molecule has 0 spiro atoms. The molecule has 1 fully saturated rings. The third-order valence-electron chi connectivity index (χ3n) is 4.20. The van der Waals surface area contributed by atoms with Crippen LogP contribution in [0.2, 0.25) is 0 Å². The predicted molar refractivity (Wildman–Crippen MR) is 82.0 cm³/mol. The van der Waals surface area contributed by atoms with Gasteiger partial charge in [-0.15, -0.1) is 0 Å². The lowest BCUT2D eigenvalue weighted by molar-refractivity contribution is 0.0167. The summed E-state index contributed by atoms with van der Waals surface area (Å²) in [5, 5.41) is 10.7. The zero-order chi connectivity index (χ0) is 14.3. The van der Waals surface area contributed by atoms with Crippen LogP contribution in [-0.4, -0.2) is 23.9 Å². The second-order valence-corrected chi connectivity index (χ2v) is 5.92. The quantitative estimate of drug-likeness (QED) is 0.786. The second kappa shape index (κ2) is 7.65. The molecule has 3 N–H and O–H groups in total. The fourth-order valence-corrected chi connectivity index (χ4v) is 2.98. The molecule has 0 atom stereocenters. The predicted octanol–water partition coefficient (Wildman–Crippen LogP) is 3.04. The molecule has 3 heteroatoms. The molecule has 0 aliphatic heterocycles. The first-order valence-electron chi connectivity index (χ1n) is 7.86. The van der Waals surface area contributed by atoms with Crippen molar-refractivity contribution in [2.75, 3.05) is 13.2 Å². The van der Waals surface area contributed by atoms with Gasteiger partial charge in [0.1, 0.15) is 12.4 Å². The average molecular weight is 277 g/mol. The number of hydrogen-bond acceptors (Lipinski definition) is 3. The summed E-state index contributed by atoms with van der Waals surface area (Å²) in [5.41, 5.74) is 6.22. The Morgan fingerprint density at radius 2 is 1.90 bits per heavy atom. The Kier molecular flexibility index (Phi) is 5.86. The number of hydrogen-bond donors (Lipinski definition) is 2. The Labute approximate surface area is 122 Å². The first-order chi connectivity index (χ1) is 9.72. The minimum Gasteiger partial charge on any atom is -0.492 e. The van der Waals surface area contributed by atoms with Gasteiger partial charge in [0.2, 0.25) is 0 Å². The van der Waals surface area contributed by atoms with E-state index in [-0.39, 0.29) is 0 Å². The summed E-state index contributed by atoms with van der Waals surface area (Å²) in [6, 6.07) is 8.14. The van der Waals surface area contributed by atoms with Gasteiger partial charge in [-0.05, 0) is 43.4 Å². The van der Waals surface area contributed by atoms with Gasteiger partial charge in [0.05, 0.1) is 5.60 Å². The van der Waals surface area contributed by atoms with E-state index in [0.29, 0.717) is 13.2 Å². The first-order valence-corrected chi connectivity index (χ1v) is 7.86. The highest BCUT2D eigenvalue weighted by Crippen LogP contribution is 2.31. The standard InChI is InChI=1S/C17H27NO2/c18-12-13-20-16-7-5-6-15(14-16)8-11-17(19)9-3-1-2-4-10-17/h5-7,14,19H,1-4,8-13,18H2. The number of benzene rings is 1. The van der Waals surface area contributed by atoms with Gasteiger partial charge in [-0.1, -0.05) is 37.8 Å². The topological polar surface area (TPSA) is 55.5 Å². The van der Waals surface area contributed by atoms with Crippen molar-refractivity contribution in [3.05, 3.63) is 29.8 Å². The van der Waals surface area contributed by atoms with E-state index in [0.717, 1.165) is 44.3 Å². The van der Waals surface area contributed by atoms with Crippen molar-refractivity contribution in [2.24, 2.45) is 5.73 Å². The highest BCUT2D eigenvalue weighted by molar-refractivity contribution is 5.28. The summed E-state index contributed by atoms with van der Waals surface area (Å²) in [6.07, 6.45) is 8.54. The van der Waals surface area contributed by atoms with Crippen LogP contribution in [0.1, 0.15) is 50.5 Å². The first kappa shape index (κ1) is 15.3. The molecule has 0 aromatic heterocycles. The van der Waals surface area contributed by atoms with E-state index in [1.54, 1.807) is 0 Å². The lowest BCUT2D eigenvalue weighted by Crippen LogP contribution is -2.28. The zero-order valence-corrected chi connectivity index (χ0v) is 12.3. The summed E-state index contributed by atoms with van der Waals surface area (Å²) >= 11 is 0. The van der Waals surface area contributed by atoms with Crippen molar-refractivity contribution in [1.29, 1.82) is 0 Å². The molecule has 1 aromatic carbocycles. The molecule has 1 aliphatic carbocycles. The van der Waals surface area contributed by atoms with E-state index < -0.39 is 5.60 Å². The van der Waals surface area contributed by atoms with E-state index in [2.05, 4.69) is 12.1 Å². The SMILES string of the molecule is NCCOc1cccc(CCC2(O)CCCCCC2)c1. The molecule has 0 saturated heterocycles. The van der Waals surface area contributed by atoms with Crippen molar-refractivity contribution in [3.63, 3.8) is 0 Å². The third-order valence-corrected chi connectivity index (χ3v) is 4.20. The lowest BCUT2D eigenvalue weighted by Gasteiger charge is -2.26. The summed E-state index contributed by atoms with van der Waals surface area (Å²) < 4.78 is 5.55. The number of aliphatic hydroxyl groups is 1. The van der Waals surface area contributed by atoms with Crippen LogP contribution in [-0.2, 0) is 6.42 Å². The maximum Gasteiger partial charge on any atom is 0.119 e. The van der Waals surface area contributed by atoms with Gasteiger partial charge in [-0.3, -0.25) is 0 Å². The average Bonchev–Trinajstić information content (AvgIpc) is 2.69. The van der Waals surface area contributed by atoms with E-state index in [4.69, 9.17) is 10.5 Å². The molecule has 3 nitrogen and oxygen atoms in total. The van der Waals surface area contributed by atoms with E-state index >= 15 is 0 Å².